The number of aliphatic hydroxyl groups is 1. The highest BCUT2D eigenvalue weighted by atomic mass is 35.5. The lowest BCUT2D eigenvalue weighted by molar-refractivity contribution is -0.142. The van der Waals surface area contributed by atoms with Gasteiger partial charge in [0.2, 0.25) is 0 Å². The van der Waals surface area contributed by atoms with E-state index in [1.165, 1.54) is 23.2 Å². The van der Waals surface area contributed by atoms with Gasteiger partial charge in [-0.1, -0.05) is 17.7 Å². The monoisotopic (exact) mass is 377 g/mol. The normalized spacial score (nSPS) is 15.7. The molecule has 1 fully saturated rings. The molecular weight excluding hydrogens is 361 g/mol. The van der Waals surface area contributed by atoms with Crippen LogP contribution in [0.1, 0.15) is 22.0 Å². The van der Waals surface area contributed by atoms with Crippen LogP contribution in [0.5, 0.6) is 0 Å². The fourth-order valence-electron chi connectivity index (χ4n) is 2.83. The maximum absolute atomic E-state index is 13.9. The van der Waals surface area contributed by atoms with Gasteiger partial charge in [-0.2, -0.15) is 0 Å². The smallest absolute Gasteiger partial charge is 0.256 e. The van der Waals surface area contributed by atoms with Crippen LogP contribution in [0.25, 0.3) is 0 Å². The third kappa shape index (κ3) is 3.84. The number of aliphatic hydroxyl groups excluding tert-OH is 1. The number of carbonyl (C=O) groups excluding carboxylic acids is 2. The molecule has 0 radical (unpaired) electrons. The van der Waals surface area contributed by atoms with Gasteiger partial charge in [-0.25, -0.2) is 4.39 Å². The third-order valence-electron chi connectivity index (χ3n) is 4.28. The van der Waals surface area contributed by atoms with Crippen LogP contribution in [0, 0.1) is 5.82 Å². The first-order valence-electron chi connectivity index (χ1n) is 8.08. The Morgan fingerprint density at radius 1 is 1.15 bits per heavy atom. The van der Waals surface area contributed by atoms with Crippen LogP contribution in [-0.2, 0) is 4.79 Å². The number of carbonyl (C=O) groups is 2. The van der Waals surface area contributed by atoms with Crippen molar-refractivity contribution in [1.29, 1.82) is 0 Å². The first-order chi connectivity index (χ1) is 12.5. The molecule has 1 N–H and O–H groups in total. The van der Waals surface area contributed by atoms with Crippen molar-refractivity contribution in [3.63, 3.8) is 0 Å². The van der Waals surface area contributed by atoms with Gasteiger partial charge in [0.1, 0.15) is 5.82 Å². The second-order valence-electron chi connectivity index (χ2n) is 5.93. The molecule has 1 aliphatic heterocycles. The number of hydrogen-bond acceptors (Lipinski definition) is 4. The molecule has 1 unspecified atom stereocenters. The van der Waals surface area contributed by atoms with E-state index < -0.39 is 17.8 Å². The van der Waals surface area contributed by atoms with Gasteiger partial charge in [-0.05, 0) is 24.3 Å². The summed E-state index contributed by atoms with van der Waals surface area (Å²) in [4.78, 5) is 31.8. The Bertz CT molecular complexity index is 811. The van der Waals surface area contributed by atoms with Crippen molar-refractivity contribution in [3.05, 3.63) is 64.7 Å². The van der Waals surface area contributed by atoms with Gasteiger partial charge in [0, 0.05) is 49.2 Å². The van der Waals surface area contributed by atoms with Gasteiger partial charge < -0.3 is 14.9 Å². The fourth-order valence-corrected chi connectivity index (χ4v) is 2.99. The van der Waals surface area contributed by atoms with Crippen molar-refractivity contribution in [2.24, 2.45) is 0 Å². The van der Waals surface area contributed by atoms with Crippen molar-refractivity contribution in [1.82, 2.24) is 14.8 Å². The SMILES string of the molecule is O=C(c1cccnc1)N1CCN(C(=O)C(O)c2ccc(Cl)cc2F)CC1. The lowest BCUT2D eigenvalue weighted by Crippen LogP contribution is -2.51. The van der Waals surface area contributed by atoms with Crippen molar-refractivity contribution >= 4 is 23.4 Å². The van der Waals surface area contributed by atoms with Gasteiger partial charge in [-0.15, -0.1) is 0 Å². The number of hydrogen-bond donors (Lipinski definition) is 1. The third-order valence-corrected chi connectivity index (χ3v) is 4.51. The minimum atomic E-state index is -1.60. The molecule has 3 rings (SSSR count). The largest absolute Gasteiger partial charge is 0.378 e. The maximum atomic E-state index is 13.9. The summed E-state index contributed by atoms with van der Waals surface area (Å²) in [5, 5.41) is 10.4. The van der Waals surface area contributed by atoms with E-state index in [1.54, 1.807) is 23.2 Å². The Hall–Kier alpha value is -2.51. The summed E-state index contributed by atoms with van der Waals surface area (Å²) in [6, 6.07) is 7.13. The van der Waals surface area contributed by atoms with Crippen molar-refractivity contribution in [3.8, 4) is 0 Å². The second kappa shape index (κ2) is 7.80. The van der Waals surface area contributed by atoms with E-state index in [0.29, 0.717) is 18.7 Å². The van der Waals surface area contributed by atoms with Crippen molar-refractivity contribution < 1.29 is 19.1 Å². The van der Waals surface area contributed by atoms with Crippen LogP contribution in [0.4, 0.5) is 4.39 Å². The first-order valence-corrected chi connectivity index (χ1v) is 8.46. The average Bonchev–Trinajstić information content (AvgIpc) is 2.67. The van der Waals surface area contributed by atoms with Crippen LogP contribution in [0.3, 0.4) is 0 Å². The summed E-state index contributed by atoms with van der Waals surface area (Å²) in [7, 11) is 0. The summed E-state index contributed by atoms with van der Waals surface area (Å²) in [6.07, 6.45) is 1.48. The number of nitrogens with zero attached hydrogens (tertiary/aromatic N) is 3. The van der Waals surface area contributed by atoms with E-state index in [-0.39, 0.29) is 29.6 Å². The molecule has 136 valence electrons. The highest BCUT2D eigenvalue weighted by Crippen LogP contribution is 2.23. The molecule has 8 heteroatoms. The van der Waals surface area contributed by atoms with Crippen LogP contribution in [0.15, 0.2) is 42.7 Å². The maximum Gasteiger partial charge on any atom is 0.256 e. The molecule has 6 nitrogen and oxygen atoms in total. The lowest BCUT2D eigenvalue weighted by atomic mass is 10.1. The first kappa shape index (κ1) is 18.3. The predicted molar refractivity (Wildman–Crippen MR) is 93.1 cm³/mol. The van der Waals surface area contributed by atoms with Crippen LogP contribution < -0.4 is 0 Å². The van der Waals surface area contributed by atoms with E-state index in [2.05, 4.69) is 4.98 Å². The molecule has 1 aromatic heterocycles. The number of amides is 2. The van der Waals surface area contributed by atoms with Crippen molar-refractivity contribution in [2.45, 2.75) is 6.10 Å². The Balaban J connectivity index is 1.62. The standard InChI is InChI=1S/C18H17ClFN3O3/c19-13-3-4-14(15(20)10-13)16(24)18(26)23-8-6-22(7-9-23)17(25)12-2-1-5-21-11-12/h1-5,10-11,16,24H,6-9H2. The summed E-state index contributed by atoms with van der Waals surface area (Å²) >= 11 is 5.69. The van der Waals surface area contributed by atoms with Crippen LogP contribution in [-0.4, -0.2) is 57.9 Å². The van der Waals surface area contributed by atoms with Crippen LogP contribution >= 0.6 is 11.6 Å². The zero-order valence-corrected chi connectivity index (χ0v) is 14.6. The minimum absolute atomic E-state index is 0.117. The zero-order chi connectivity index (χ0) is 18.7. The van der Waals surface area contributed by atoms with Gasteiger partial charge in [0.25, 0.3) is 11.8 Å². The summed E-state index contributed by atoms with van der Waals surface area (Å²) in [5.74, 6) is -1.49. The molecule has 2 aromatic rings. The zero-order valence-electron chi connectivity index (χ0n) is 13.8. The van der Waals surface area contributed by atoms with E-state index in [1.807, 2.05) is 0 Å². The summed E-state index contributed by atoms with van der Waals surface area (Å²) in [6.45, 7) is 1.18. The van der Waals surface area contributed by atoms with Crippen LogP contribution in [0.2, 0.25) is 5.02 Å². The van der Waals surface area contributed by atoms with Gasteiger partial charge in [0.15, 0.2) is 6.10 Å². The Morgan fingerprint density at radius 2 is 1.85 bits per heavy atom. The second-order valence-corrected chi connectivity index (χ2v) is 6.36. The minimum Gasteiger partial charge on any atom is -0.378 e. The molecule has 0 aliphatic carbocycles. The number of rotatable bonds is 3. The molecule has 1 saturated heterocycles. The Morgan fingerprint density at radius 3 is 2.46 bits per heavy atom. The topological polar surface area (TPSA) is 73.7 Å². The molecule has 0 spiro atoms. The molecule has 1 aliphatic rings. The summed E-state index contributed by atoms with van der Waals surface area (Å²) < 4.78 is 13.9. The number of piperazine rings is 1. The lowest BCUT2D eigenvalue weighted by Gasteiger charge is -2.35. The van der Waals surface area contributed by atoms with Gasteiger partial charge >= 0.3 is 0 Å². The highest BCUT2D eigenvalue weighted by molar-refractivity contribution is 6.30. The molecule has 0 saturated carbocycles. The molecular formula is C18H17ClFN3O3. The number of aromatic nitrogens is 1. The number of pyridine rings is 1. The fraction of sp³-hybridized carbons (Fsp3) is 0.278. The highest BCUT2D eigenvalue weighted by Gasteiger charge is 2.30. The molecule has 2 amide bonds. The average molecular weight is 378 g/mol. The Labute approximate surface area is 154 Å². The van der Waals surface area contributed by atoms with E-state index in [4.69, 9.17) is 11.6 Å². The molecule has 1 aromatic carbocycles. The van der Waals surface area contributed by atoms with E-state index >= 15 is 0 Å². The number of halogens is 2. The summed E-state index contributed by atoms with van der Waals surface area (Å²) in [5.41, 5.74) is 0.365. The van der Waals surface area contributed by atoms with E-state index in [9.17, 15) is 19.1 Å². The predicted octanol–water partition coefficient (Wildman–Crippen LogP) is 1.89. The van der Waals surface area contributed by atoms with E-state index in [0.717, 1.165) is 6.07 Å². The molecule has 0 bridgehead atoms. The van der Waals surface area contributed by atoms with Crippen molar-refractivity contribution in [2.75, 3.05) is 26.2 Å². The molecule has 1 atom stereocenters. The van der Waals surface area contributed by atoms with Gasteiger partial charge in [-0.3, -0.25) is 14.6 Å². The van der Waals surface area contributed by atoms with Gasteiger partial charge in [0.05, 0.1) is 5.56 Å². The number of benzene rings is 1. The quantitative estimate of drug-likeness (QED) is 0.886. The molecule has 26 heavy (non-hydrogen) atoms. The Kier molecular flexibility index (Phi) is 5.49. The molecule has 2 heterocycles.